The largest absolute Gasteiger partial charge is 0.354 e. The summed E-state index contributed by atoms with van der Waals surface area (Å²) in [6, 6.07) is 5.97. The third-order valence-electron chi connectivity index (χ3n) is 3.28. The minimum atomic E-state index is -0.0707. The number of nitrogens with one attached hydrogen (secondary N) is 1. The van der Waals surface area contributed by atoms with E-state index in [1.165, 1.54) is 5.69 Å². The van der Waals surface area contributed by atoms with Gasteiger partial charge < -0.3 is 9.88 Å². The smallest absolute Gasteiger partial charge is 0.252 e. The lowest BCUT2D eigenvalue weighted by Gasteiger charge is -2.14. The predicted molar refractivity (Wildman–Crippen MR) is 82.6 cm³/mol. The van der Waals surface area contributed by atoms with E-state index >= 15 is 0 Å². The Morgan fingerprint density at radius 1 is 1.50 bits per heavy atom. The van der Waals surface area contributed by atoms with Crippen LogP contribution in [0.3, 0.4) is 0 Å². The van der Waals surface area contributed by atoms with Gasteiger partial charge in [-0.25, -0.2) is 0 Å². The maximum absolute atomic E-state index is 12.1. The molecule has 2 rings (SSSR count). The second-order valence-electron chi connectivity index (χ2n) is 4.88. The van der Waals surface area contributed by atoms with Crippen LogP contribution in [0, 0.1) is 0 Å². The van der Waals surface area contributed by atoms with Crippen molar-refractivity contribution < 1.29 is 4.79 Å². The number of carbonyl (C=O) groups is 1. The van der Waals surface area contributed by atoms with Crippen molar-refractivity contribution in [3.63, 3.8) is 0 Å². The molecule has 0 aliphatic rings. The molecule has 0 aliphatic carbocycles. The number of hydrogen-bond donors (Lipinski definition) is 1. The topological polar surface area (TPSA) is 46.9 Å². The van der Waals surface area contributed by atoms with Gasteiger partial charge in [0.2, 0.25) is 0 Å². The second kappa shape index (κ2) is 6.70. The first-order valence-corrected chi connectivity index (χ1v) is 7.38. The second-order valence-corrected chi connectivity index (χ2v) is 5.73. The molecular weight excluding hydrogens is 318 g/mol. The number of rotatable bonds is 5. The van der Waals surface area contributed by atoms with Crippen LogP contribution < -0.4 is 5.32 Å². The van der Waals surface area contributed by atoms with E-state index in [0.29, 0.717) is 10.0 Å². The van der Waals surface area contributed by atoms with Crippen LogP contribution in [-0.2, 0) is 13.5 Å². The van der Waals surface area contributed by atoms with Crippen LogP contribution in [0.2, 0.25) is 0 Å². The van der Waals surface area contributed by atoms with Gasteiger partial charge in [0.25, 0.3) is 5.91 Å². The van der Waals surface area contributed by atoms with Crippen molar-refractivity contribution in [2.24, 2.45) is 7.05 Å². The zero-order valence-corrected chi connectivity index (χ0v) is 13.2. The van der Waals surface area contributed by atoms with Gasteiger partial charge in [-0.15, -0.1) is 0 Å². The van der Waals surface area contributed by atoms with Crippen LogP contribution in [0.4, 0.5) is 0 Å². The van der Waals surface area contributed by atoms with Crippen molar-refractivity contribution in [3.8, 4) is 0 Å². The summed E-state index contributed by atoms with van der Waals surface area (Å²) in [6.45, 7) is 2.02. The molecular formula is C15H18BrN3O. The number of carbonyl (C=O) groups excluding carboxylic acids is 1. The molecule has 0 saturated carbocycles. The van der Waals surface area contributed by atoms with E-state index in [-0.39, 0.29) is 11.9 Å². The van der Waals surface area contributed by atoms with Crippen LogP contribution in [0.15, 0.2) is 41.3 Å². The zero-order valence-electron chi connectivity index (χ0n) is 11.6. The highest BCUT2D eigenvalue weighted by Gasteiger charge is 2.12. The Labute approximate surface area is 127 Å². The van der Waals surface area contributed by atoms with E-state index < -0.39 is 0 Å². The van der Waals surface area contributed by atoms with Crippen molar-refractivity contribution in [2.45, 2.75) is 25.8 Å². The molecule has 20 heavy (non-hydrogen) atoms. The van der Waals surface area contributed by atoms with Crippen molar-refractivity contribution >= 4 is 21.8 Å². The summed E-state index contributed by atoms with van der Waals surface area (Å²) in [5.41, 5.74) is 1.89. The summed E-state index contributed by atoms with van der Waals surface area (Å²) in [5.74, 6) is -0.0707. The van der Waals surface area contributed by atoms with Gasteiger partial charge in [0.1, 0.15) is 0 Å². The Kier molecular flexibility index (Phi) is 4.95. The Balaban J connectivity index is 1.88. The molecule has 106 valence electrons. The molecule has 1 unspecified atom stereocenters. The molecule has 1 N–H and O–H groups in total. The molecule has 0 aliphatic heterocycles. The van der Waals surface area contributed by atoms with Gasteiger partial charge >= 0.3 is 0 Å². The Morgan fingerprint density at radius 2 is 2.30 bits per heavy atom. The van der Waals surface area contributed by atoms with Gasteiger partial charge in [0, 0.05) is 41.8 Å². The van der Waals surface area contributed by atoms with Gasteiger partial charge in [-0.3, -0.25) is 9.78 Å². The summed E-state index contributed by atoms with van der Waals surface area (Å²) >= 11 is 3.34. The lowest BCUT2D eigenvalue weighted by Crippen LogP contribution is -2.33. The van der Waals surface area contributed by atoms with Gasteiger partial charge in [-0.1, -0.05) is 0 Å². The maximum atomic E-state index is 12.1. The maximum Gasteiger partial charge on any atom is 0.252 e. The molecule has 1 amide bonds. The summed E-state index contributed by atoms with van der Waals surface area (Å²) in [7, 11) is 2.03. The standard InChI is InChI=1S/C15H18BrN3O/c1-11(5-6-12-4-3-9-19(12)2)18-15(20)13-7-8-17-10-14(13)16/h3-4,7-11H,5-6H2,1-2H3,(H,18,20). The summed E-state index contributed by atoms with van der Waals surface area (Å²) in [6.07, 6.45) is 7.14. The van der Waals surface area contributed by atoms with E-state index in [0.717, 1.165) is 12.8 Å². The normalized spacial score (nSPS) is 12.2. The molecule has 2 heterocycles. The quantitative estimate of drug-likeness (QED) is 0.913. The van der Waals surface area contributed by atoms with Gasteiger partial charge in [0.15, 0.2) is 0 Å². The third kappa shape index (κ3) is 3.70. The Hall–Kier alpha value is -1.62. The number of amides is 1. The Morgan fingerprint density at radius 3 is 2.95 bits per heavy atom. The highest BCUT2D eigenvalue weighted by Crippen LogP contribution is 2.14. The SMILES string of the molecule is CC(CCc1cccn1C)NC(=O)c1ccncc1Br. The van der Waals surface area contributed by atoms with E-state index in [1.807, 2.05) is 26.2 Å². The molecule has 0 bridgehead atoms. The molecule has 1 atom stereocenters. The summed E-state index contributed by atoms with van der Waals surface area (Å²) in [5, 5.41) is 3.01. The average molecular weight is 336 g/mol. The fourth-order valence-corrected chi connectivity index (χ4v) is 2.48. The molecule has 0 aromatic carbocycles. The van der Waals surface area contributed by atoms with Gasteiger partial charge in [-0.2, -0.15) is 0 Å². The first kappa shape index (κ1) is 14.8. The van der Waals surface area contributed by atoms with Gasteiger partial charge in [0.05, 0.1) is 5.56 Å². The number of nitrogens with zero attached hydrogens (tertiary/aromatic N) is 2. The number of hydrogen-bond acceptors (Lipinski definition) is 2. The monoisotopic (exact) mass is 335 g/mol. The first-order chi connectivity index (χ1) is 9.58. The fourth-order valence-electron chi connectivity index (χ4n) is 2.05. The van der Waals surface area contributed by atoms with Crippen LogP contribution in [-0.4, -0.2) is 21.5 Å². The summed E-state index contributed by atoms with van der Waals surface area (Å²) in [4.78, 5) is 16.1. The minimum Gasteiger partial charge on any atom is -0.354 e. The number of aryl methyl sites for hydroxylation is 2. The van der Waals surface area contributed by atoms with Crippen molar-refractivity contribution in [1.29, 1.82) is 0 Å². The van der Waals surface area contributed by atoms with Crippen molar-refractivity contribution in [1.82, 2.24) is 14.9 Å². The van der Waals surface area contributed by atoms with E-state index in [1.54, 1.807) is 18.5 Å². The molecule has 4 nitrogen and oxygen atoms in total. The molecule has 0 saturated heterocycles. The number of aromatic nitrogens is 2. The van der Waals surface area contributed by atoms with Crippen molar-refractivity contribution in [2.75, 3.05) is 0 Å². The van der Waals surface area contributed by atoms with Crippen LogP contribution >= 0.6 is 15.9 Å². The molecule has 2 aromatic rings. The third-order valence-corrected chi connectivity index (χ3v) is 3.91. The van der Waals surface area contributed by atoms with Gasteiger partial charge in [-0.05, 0) is 53.9 Å². The highest BCUT2D eigenvalue weighted by molar-refractivity contribution is 9.10. The van der Waals surface area contributed by atoms with E-state index in [2.05, 4.69) is 36.9 Å². The lowest BCUT2D eigenvalue weighted by molar-refractivity contribution is 0.0937. The minimum absolute atomic E-state index is 0.0707. The van der Waals surface area contributed by atoms with Crippen LogP contribution in [0.1, 0.15) is 29.4 Å². The molecule has 0 spiro atoms. The summed E-state index contributed by atoms with van der Waals surface area (Å²) < 4.78 is 2.82. The fraction of sp³-hybridized carbons (Fsp3) is 0.333. The van der Waals surface area contributed by atoms with Crippen LogP contribution in [0.25, 0.3) is 0 Å². The number of halogens is 1. The highest BCUT2D eigenvalue weighted by atomic mass is 79.9. The molecule has 5 heteroatoms. The van der Waals surface area contributed by atoms with Crippen LogP contribution in [0.5, 0.6) is 0 Å². The molecule has 0 radical (unpaired) electrons. The Bertz CT molecular complexity index is 594. The molecule has 0 fully saturated rings. The van der Waals surface area contributed by atoms with E-state index in [9.17, 15) is 4.79 Å². The lowest BCUT2D eigenvalue weighted by atomic mass is 10.1. The average Bonchev–Trinajstić information content (AvgIpc) is 2.82. The molecule has 2 aromatic heterocycles. The van der Waals surface area contributed by atoms with Crippen molar-refractivity contribution in [3.05, 3.63) is 52.5 Å². The predicted octanol–water partition coefficient (Wildman–Crippen LogP) is 2.93. The first-order valence-electron chi connectivity index (χ1n) is 6.58. The number of pyridine rings is 1. The zero-order chi connectivity index (χ0) is 14.5. The van der Waals surface area contributed by atoms with E-state index in [4.69, 9.17) is 0 Å².